The first-order valence-electron chi connectivity index (χ1n) is 7.13. The van der Waals surface area contributed by atoms with E-state index in [4.69, 9.17) is 4.74 Å². The van der Waals surface area contributed by atoms with E-state index in [0.717, 1.165) is 10.9 Å². The summed E-state index contributed by atoms with van der Waals surface area (Å²) in [5.41, 5.74) is 0.688. The van der Waals surface area contributed by atoms with Gasteiger partial charge in [-0.15, -0.1) is 0 Å². The Labute approximate surface area is 137 Å². The maximum absolute atomic E-state index is 12.5. The first-order valence-corrected chi connectivity index (χ1v) is 7.92. The van der Waals surface area contributed by atoms with Crippen LogP contribution in [0.2, 0.25) is 0 Å². The van der Waals surface area contributed by atoms with Crippen molar-refractivity contribution in [3.63, 3.8) is 0 Å². The van der Waals surface area contributed by atoms with Crippen LogP contribution in [0.25, 0.3) is 0 Å². The lowest BCUT2D eigenvalue weighted by Gasteiger charge is -2.17. The summed E-state index contributed by atoms with van der Waals surface area (Å²) in [5.74, 6) is 1.28. The van der Waals surface area contributed by atoms with Gasteiger partial charge >= 0.3 is 0 Å². The zero-order valence-electron chi connectivity index (χ0n) is 12.2. The van der Waals surface area contributed by atoms with Gasteiger partial charge in [-0.25, -0.2) is 4.98 Å². The van der Waals surface area contributed by atoms with Gasteiger partial charge in [-0.05, 0) is 25.1 Å². The van der Waals surface area contributed by atoms with Gasteiger partial charge < -0.3 is 9.64 Å². The SMILES string of the molecule is Cc1nccc(OC2CCN(C(=O)c3cccc(Br)c3)C2)n1. The van der Waals surface area contributed by atoms with Crippen LogP contribution in [0, 0.1) is 6.92 Å². The molecule has 0 N–H and O–H groups in total. The van der Waals surface area contributed by atoms with Crippen LogP contribution >= 0.6 is 15.9 Å². The molecule has 3 rings (SSSR count). The number of ether oxygens (including phenoxy) is 1. The molecule has 1 amide bonds. The fourth-order valence-electron chi connectivity index (χ4n) is 2.48. The van der Waals surface area contributed by atoms with Gasteiger partial charge in [-0.3, -0.25) is 4.79 Å². The first-order chi connectivity index (χ1) is 10.6. The molecule has 0 radical (unpaired) electrons. The Balaban J connectivity index is 1.63. The number of rotatable bonds is 3. The van der Waals surface area contributed by atoms with Crippen LogP contribution in [0.4, 0.5) is 0 Å². The molecule has 0 saturated carbocycles. The van der Waals surface area contributed by atoms with Gasteiger partial charge in [0.15, 0.2) is 0 Å². The molecule has 5 nitrogen and oxygen atoms in total. The van der Waals surface area contributed by atoms with Gasteiger partial charge in [0.2, 0.25) is 5.88 Å². The number of benzene rings is 1. The molecule has 1 aliphatic heterocycles. The Morgan fingerprint density at radius 3 is 3.05 bits per heavy atom. The Kier molecular flexibility index (Phi) is 4.38. The number of hydrogen-bond acceptors (Lipinski definition) is 4. The molecule has 22 heavy (non-hydrogen) atoms. The molecule has 6 heteroatoms. The predicted molar refractivity (Wildman–Crippen MR) is 85.8 cm³/mol. The number of nitrogens with zero attached hydrogens (tertiary/aromatic N) is 3. The summed E-state index contributed by atoms with van der Waals surface area (Å²) in [6.07, 6.45) is 2.46. The van der Waals surface area contributed by atoms with Gasteiger partial charge in [0.1, 0.15) is 11.9 Å². The normalized spacial score (nSPS) is 17.5. The van der Waals surface area contributed by atoms with E-state index in [-0.39, 0.29) is 12.0 Å². The number of aromatic nitrogens is 2. The quantitative estimate of drug-likeness (QED) is 0.843. The number of carbonyl (C=O) groups excluding carboxylic acids is 1. The van der Waals surface area contributed by atoms with Crippen molar-refractivity contribution >= 4 is 21.8 Å². The highest BCUT2D eigenvalue weighted by Gasteiger charge is 2.28. The molecular weight excluding hydrogens is 346 g/mol. The number of likely N-dealkylation sites (tertiary alicyclic amines) is 1. The number of carbonyl (C=O) groups is 1. The minimum absolute atomic E-state index is 0.0228. The highest BCUT2D eigenvalue weighted by atomic mass is 79.9. The van der Waals surface area contributed by atoms with Crippen molar-refractivity contribution in [1.82, 2.24) is 14.9 Å². The molecule has 1 aliphatic rings. The van der Waals surface area contributed by atoms with Crippen molar-refractivity contribution in [3.05, 3.63) is 52.4 Å². The van der Waals surface area contributed by atoms with Gasteiger partial charge in [-0.1, -0.05) is 22.0 Å². The number of aryl methyl sites for hydroxylation is 1. The van der Waals surface area contributed by atoms with Crippen LogP contribution in [-0.2, 0) is 0 Å². The van der Waals surface area contributed by atoms with Crippen LogP contribution < -0.4 is 4.74 Å². The lowest BCUT2D eigenvalue weighted by molar-refractivity contribution is 0.0771. The topological polar surface area (TPSA) is 55.3 Å². The van der Waals surface area contributed by atoms with E-state index in [1.807, 2.05) is 36.1 Å². The van der Waals surface area contributed by atoms with E-state index >= 15 is 0 Å². The highest BCUT2D eigenvalue weighted by molar-refractivity contribution is 9.10. The summed E-state index contributed by atoms with van der Waals surface area (Å²) in [6.45, 7) is 3.10. The second-order valence-corrected chi connectivity index (χ2v) is 6.15. The third-order valence-corrected chi connectivity index (χ3v) is 4.03. The van der Waals surface area contributed by atoms with Crippen LogP contribution in [0.15, 0.2) is 41.0 Å². The van der Waals surface area contributed by atoms with E-state index in [1.165, 1.54) is 0 Å². The summed E-state index contributed by atoms with van der Waals surface area (Å²) < 4.78 is 6.75. The minimum atomic E-state index is -0.0228. The first kappa shape index (κ1) is 15.0. The molecule has 1 aromatic carbocycles. The monoisotopic (exact) mass is 361 g/mol. The molecule has 2 heterocycles. The smallest absolute Gasteiger partial charge is 0.254 e. The molecule has 1 saturated heterocycles. The van der Waals surface area contributed by atoms with E-state index in [9.17, 15) is 4.79 Å². The van der Waals surface area contributed by atoms with Crippen molar-refractivity contribution in [3.8, 4) is 5.88 Å². The van der Waals surface area contributed by atoms with Gasteiger partial charge in [0.05, 0.1) is 6.54 Å². The molecule has 114 valence electrons. The summed E-state index contributed by atoms with van der Waals surface area (Å²) >= 11 is 3.39. The minimum Gasteiger partial charge on any atom is -0.472 e. The molecule has 0 bridgehead atoms. The van der Waals surface area contributed by atoms with Crippen molar-refractivity contribution in [2.24, 2.45) is 0 Å². The summed E-state index contributed by atoms with van der Waals surface area (Å²) in [4.78, 5) is 22.6. The molecule has 1 atom stereocenters. The van der Waals surface area contributed by atoms with Gasteiger partial charge in [0, 0.05) is 35.3 Å². The number of halogens is 1. The Bertz CT molecular complexity index is 693. The van der Waals surface area contributed by atoms with Gasteiger partial charge in [-0.2, -0.15) is 4.98 Å². The van der Waals surface area contributed by atoms with Gasteiger partial charge in [0.25, 0.3) is 5.91 Å². The lowest BCUT2D eigenvalue weighted by Crippen LogP contribution is -2.31. The predicted octanol–water partition coefficient (Wildman–Crippen LogP) is 2.84. The summed E-state index contributed by atoms with van der Waals surface area (Å²) in [6, 6.07) is 9.18. The molecular formula is C16H16BrN3O2. The summed E-state index contributed by atoms with van der Waals surface area (Å²) in [7, 11) is 0. The molecule has 0 aliphatic carbocycles. The molecule has 1 unspecified atom stereocenters. The van der Waals surface area contributed by atoms with Crippen molar-refractivity contribution in [2.45, 2.75) is 19.4 Å². The average molecular weight is 362 g/mol. The van der Waals surface area contributed by atoms with Crippen molar-refractivity contribution < 1.29 is 9.53 Å². The summed E-state index contributed by atoms with van der Waals surface area (Å²) in [5, 5.41) is 0. The van der Waals surface area contributed by atoms with E-state index in [0.29, 0.717) is 30.4 Å². The third kappa shape index (κ3) is 3.44. The molecule has 2 aromatic rings. The van der Waals surface area contributed by atoms with E-state index in [1.54, 1.807) is 12.3 Å². The second-order valence-electron chi connectivity index (χ2n) is 5.23. The van der Waals surface area contributed by atoms with E-state index in [2.05, 4.69) is 25.9 Å². The zero-order chi connectivity index (χ0) is 15.5. The molecule has 0 spiro atoms. The molecule has 1 fully saturated rings. The Morgan fingerprint density at radius 2 is 2.27 bits per heavy atom. The third-order valence-electron chi connectivity index (χ3n) is 3.54. The number of hydrogen-bond donors (Lipinski definition) is 0. The van der Waals surface area contributed by atoms with Crippen molar-refractivity contribution in [2.75, 3.05) is 13.1 Å². The van der Waals surface area contributed by atoms with Crippen molar-refractivity contribution in [1.29, 1.82) is 0 Å². The Morgan fingerprint density at radius 1 is 1.41 bits per heavy atom. The van der Waals surface area contributed by atoms with E-state index < -0.39 is 0 Å². The van der Waals surface area contributed by atoms with Crippen LogP contribution in [0.1, 0.15) is 22.6 Å². The molecule has 1 aromatic heterocycles. The average Bonchev–Trinajstić information content (AvgIpc) is 2.95. The maximum Gasteiger partial charge on any atom is 0.254 e. The van der Waals surface area contributed by atoms with Crippen LogP contribution in [-0.4, -0.2) is 40.0 Å². The largest absolute Gasteiger partial charge is 0.472 e. The highest BCUT2D eigenvalue weighted by Crippen LogP contribution is 2.20. The fraction of sp³-hybridized carbons (Fsp3) is 0.312. The second kappa shape index (κ2) is 6.44. The lowest BCUT2D eigenvalue weighted by atomic mass is 10.2. The zero-order valence-corrected chi connectivity index (χ0v) is 13.8. The maximum atomic E-state index is 12.5. The Hall–Kier alpha value is -1.95. The van der Waals surface area contributed by atoms with Crippen LogP contribution in [0.5, 0.6) is 5.88 Å². The standard InChI is InChI=1S/C16H16BrN3O2/c1-11-18-7-5-15(19-11)22-14-6-8-20(10-14)16(21)12-3-2-4-13(17)9-12/h2-5,7,9,14H,6,8,10H2,1H3. The number of amides is 1. The fourth-order valence-corrected chi connectivity index (χ4v) is 2.88. The van der Waals surface area contributed by atoms with Crippen LogP contribution in [0.3, 0.4) is 0 Å².